The molecule has 2 rings (SSSR count). The van der Waals surface area contributed by atoms with Crippen LogP contribution in [-0.2, 0) is 0 Å². The Bertz CT molecular complexity index is 634. The number of carbonyl (C=O) groups excluding carboxylic acids is 1. The van der Waals surface area contributed by atoms with E-state index in [2.05, 4.69) is 15.3 Å². The van der Waals surface area contributed by atoms with Gasteiger partial charge in [0.2, 0.25) is 0 Å². The number of hydrogen-bond acceptors (Lipinski definition) is 5. The molecule has 0 aliphatic heterocycles. The molecule has 1 heterocycles. The van der Waals surface area contributed by atoms with Crippen LogP contribution in [0.1, 0.15) is 10.5 Å². The lowest BCUT2D eigenvalue weighted by Crippen LogP contribution is -2.28. The predicted molar refractivity (Wildman–Crippen MR) is 76.3 cm³/mol. The van der Waals surface area contributed by atoms with Gasteiger partial charge in [0, 0.05) is 12.1 Å². The van der Waals surface area contributed by atoms with Gasteiger partial charge in [0.1, 0.15) is 0 Å². The number of nitrogens with zero attached hydrogens (tertiary/aromatic N) is 2. The molecule has 0 saturated carbocycles. The number of aliphatic hydroxyl groups is 1. The first kappa shape index (κ1) is 14.2. The minimum atomic E-state index is -0.488. The van der Waals surface area contributed by atoms with E-state index in [0.717, 1.165) is 0 Å². The predicted octanol–water partition coefficient (Wildman–Crippen LogP) is 1.10. The molecular formula is C13H13ClN4O2. The second kappa shape index (κ2) is 6.31. The van der Waals surface area contributed by atoms with Crippen molar-refractivity contribution < 1.29 is 9.90 Å². The van der Waals surface area contributed by atoms with Gasteiger partial charge >= 0.3 is 0 Å². The Morgan fingerprint density at radius 2 is 2.15 bits per heavy atom. The molecule has 0 fully saturated rings. The molecule has 6 nitrogen and oxygen atoms in total. The van der Waals surface area contributed by atoms with Crippen LogP contribution in [0.2, 0.25) is 5.02 Å². The summed E-state index contributed by atoms with van der Waals surface area (Å²) in [7, 11) is 0. The van der Waals surface area contributed by atoms with E-state index in [4.69, 9.17) is 22.4 Å². The third kappa shape index (κ3) is 3.04. The highest BCUT2D eigenvalue weighted by atomic mass is 35.5. The van der Waals surface area contributed by atoms with Crippen LogP contribution in [0.5, 0.6) is 0 Å². The number of aliphatic hydroxyl groups excluding tert-OH is 1. The summed E-state index contributed by atoms with van der Waals surface area (Å²) in [6.07, 6.45) is 1.46. The van der Waals surface area contributed by atoms with Gasteiger partial charge in [-0.2, -0.15) is 0 Å². The number of carbonyl (C=O) groups is 1. The van der Waals surface area contributed by atoms with Crippen molar-refractivity contribution in [1.82, 2.24) is 15.3 Å². The van der Waals surface area contributed by atoms with Crippen molar-refractivity contribution in [2.45, 2.75) is 0 Å². The van der Waals surface area contributed by atoms with Crippen LogP contribution in [0.15, 0.2) is 30.5 Å². The van der Waals surface area contributed by atoms with Crippen molar-refractivity contribution in [2.24, 2.45) is 0 Å². The van der Waals surface area contributed by atoms with Crippen molar-refractivity contribution in [3.63, 3.8) is 0 Å². The van der Waals surface area contributed by atoms with Crippen LogP contribution in [0.25, 0.3) is 11.3 Å². The monoisotopic (exact) mass is 292 g/mol. The largest absolute Gasteiger partial charge is 0.395 e. The molecule has 1 aromatic carbocycles. The quantitative estimate of drug-likeness (QED) is 0.783. The minimum Gasteiger partial charge on any atom is -0.395 e. The summed E-state index contributed by atoms with van der Waals surface area (Å²) in [4.78, 5) is 20.0. The Kier molecular flexibility index (Phi) is 4.49. The van der Waals surface area contributed by atoms with E-state index in [9.17, 15) is 4.79 Å². The summed E-state index contributed by atoms with van der Waals surface area (Å²) in [6.45, 7) is -0.0421. The molecule has 0 atom stereocenters. The van der Waals surface area contributed by atoms with Gasteiger partial charge in [-0.25, -0.2) is 9.97 Å². The normalized spacial score (nSPS) is 10.3. The summed E-state index contributed by atoms with van der Waals surface area (Å²) >= 11 is 6.08. The number of aromatic nitrogens is 2. The number of rotatable bonds is 4. The van der Waals surface area contributed by atoms with E-state index in [1.807, 2.05) is 6.07 Å². The fourth-order valence-electron chi connectivity index (χ4n) is 1.62. The third-order valence-corrected chi connectivity index (χ3v) is 2.89. The average molecular weight is 293 g/mol. The Morgan fingerprint density at radius 3 is 2.85 bits per heavy atom. The maximum absolute atomic E-state index is 11.9. The Balaban J connectivity index is 2.39. The van der Waals surface area contributed by atoms with Crippen molar-refractivity contribution >= 4 is 23.3 Å². The molecular weight excluding hydrogens is 280 g/mol. The topological polar surface area (TPSA) is 101 Å². The fraction of sp³-hybridized carbons (Fsp3) is 0.154. The third-order valence-electron chi connectivity index (χ3n) is 2.56. The molecule has 0 bridgehead atoms. The molecule has 104 valence electrons. The van der Waals surface area contributed by atoms with Crippen LogP contribution >= 0.6 is 11.6 Å². The number of anilines is 1. The second-order valence-corrected chi connectivity index (χ2v) is 4.36. The maximum Gasteiger partial charge on any atom is 0.273 e. The van der Waals surface area contributed by atoms with E-state index < -0.39 is 5.91 Å². The van der Waals surface area contributed by atoms with Gasteiger partial charge in [0.05, 0.1) is 23.5 Å². The summed E-state index contributed by atoms with van der Waals surface area (Å²) < 4.78 is 0. The van der Waals surface area contributed by atoms with Gasteiger partial charge < -0.3 is 16.2 Å². The molecule has 0 aliphatic rings. The Labute approximate surface area is 120 Å². The van der Waals surface area contributed by atoms with E-state index in [1.54, 1.807) is 18.2 Å². The fourth-order valence-corrected chi connectivity index (χ4v) is 1.85. The molecule has 2 aromatic rings. The lowest BCUT2D eigenvalue weighted by Gasteiger charge is -2.08. The highest BCUT2D eigenvalue weighted by molar-refractivity contribution is 6.33. The zero-order chi connectivity index (χ0) is 14.5. The summed E-state index contributed by atoms with van der Waals surface area (Å²) in [5.41, 5.74) is 6.78. The first-order chi connectivity index (χ1) is 9.63. The smallest absolute Gasteiger partial charge is 0.273 e. The lowest BCUT2D eigenvalue weighted by atomic mass is 10.1. The molecule has 0 saturated heterocycles. The average Bonchev–Trinajstić information content (AvgIpc) is 2.46. The molecule has 4 N–H and O–H groups in total. The van der Waals surface area contributed by atoms with Gasteiger partial charge in [-0.3, -0.25) is 4.79 Å². The SMILES string of the molecule is Nc1ncc(-c2ccccc2Cl)nc1C(=O)NCCO. The Hall–Kier alpha value is -2.18. The molecule has 1 aromatic heterocycles. The van der Waals surface area contributed by atoms with Crippen molar-refractivity contribution in [2.75, 3.05) is 18.9 Å². The standard InChI is InChI=1S/C13H13ClN4O2/c14-9-4-2-1-3-8(9)10-7-17-12(15)11(18-10)13(20)16-5-6-19/h1-4,7,19H,5-6H2,(H2,15,17)(H,16,20). The van der Waals surface area contributed by atoms with Crippen molar-refractivity contribution in [3.8, 4) is 11.3 Å². The molecule has 1 amide bonds. The number of halogens is 1. The highest BCUT2D eigenvalue weighted by Crippen LogP contribution is 2.26. The first-order valence-electron chi connectivity index (χ1n) is 5.90. The Morgan fingerprint density at radius 1 is 1.40 bits per heavy atom. The number of hydrogen-bond donors (Lipinski definition) is 3. The molecule has 7 heteroatoms. The highest BCUT2D eigenvalue weighted by Gasteiger charge is 2.15. The zero-order valence-corrected chi connectivity index (χ0v) is 11.3. The zero-order valence-electron chi connectivity index (χ0n) is 10.5. The summed E-state index contributed by atoms with van der Waals surface area (Å²) in [6, 6.07) is 7.11. The van der Waals surface area contributed by atoms with Crippen LogP contribution in [0.3, 0.4) is 0 Å². The van der Waals surface area contributed by atoms with Crippen LogP contribution in [0, 0.1) is 0 Å². The lowest BCUT2D eigenvalue weighted by molar-refractivity contribution is 0.0940. The van der Waals surface area contributed by atoms with E-state index in [-0.39, 0.29) is 24.7 Å². The van der Waals surface area contributed by atoms with Crippen molar-refractivity contribution in [3.05, 3.63) is 41.2 Å². The number of nitrogen functional groups attached to an aromatic ring is 1. The second-order valence-electron chi connectivity index (χ2n) is 3.95. The number of nitrogens with two attached hydrogens (primary N) is 1. The van der Waals surface area contributed by atoms with Gasteiger partial charge in [-0.05, 0) is 6.07 Å². The maximum atomic E-state index is 11.9. The summed E-state index contributed by atoms with van der Waals surface area (Å²) in [5.74, 6) is -0.464. The van der Waals surface area contributed by atoms with Crippen LogP contribution in [0.4, 0.5) is 5.82 Å². The number of benzene rings is 1. The number of nitrogens with one attached hydrogen (secondary N) is 1. The molecule has 20 heavy (non-hydrogen) atoms. The molecule has 0 spiro atoms. The van der Waals surface area contributed by atoms with Crippen LogP contribution < -0.4 is 11.1 Å². The van der Waals surface area contributed by atoms with Gasteiger partial charge in [-0.15, -0.1) is 0 Å². The van der Waals surface area contributed by atoms with Crippen LogP contribution in [-0.4, -0.2) is 34.1 Å². The first-order valence-corrected chi connectivity index (χ1v) is 6.27. The van der Waals surface area contributed by atoms with Gasteiger partial charge in [-0.1, -0.05) is 29.8 Å². The molecule has 0 radical (unpaired) electrons. The molecule has 0 aliphatic carbocycles. The molecule has 0 unspecified atom stereocenters. The van der Waals surface area contributed by atoms with Crippen molar-refractivity contribution in [1.29, 1.82) is 0 Å². The summed E-state index contributed by atoms with van der Waals surface area (Å²) in [5, 5.41) is 11.7. The minimum absolute atomic E-state index is 0.0101. The van der Waals surface area contributed by atoms with E-state index in [0.29, 0.717) is 16.3 Å². The van der Waals surface area contributed by atoms with Gasteiger partial charge in [0.15, 0.2) is 11.5 Å². The van der Waals surface area contributed by atoms with E-state index >= 15 is 0 Å². The van der Waals surface area contributed by atoms with E-state index in [1.165, 1.54) is 6.20 Å². The number of amides is 1. The van der Waals surface area contributed by atoms with Gasteiger partial charge in [0.25, 0.3) is 5.91 Å².